The first-order chi connectivity index (χ1) is 9.57. The molecule has 0 aliphatic rings. The van der Waals surface area contributed by atoms with Crippen molar-refractivity contribution in [3.8, 4) is 0 Å². The van der Waals surface area contributed by atoms with E-state index in [1.165, 1.54) is 11.8 Å². The molecule has 6 nitrogen and oxygen atoms in total. The summed E-state index contributed by atoms with van der Waals surface area (Å²) in [6, 6.07) is 6.90. The van der Waals surface area contributed by atoms with Crippen LogP contribution in [0.5, 0.6) is 0 Å². The molecule has 0 spiro atoms. The van der Waals surface area contributed by atoms with Gasteiger partial charge in [-0.05, 0) is 12.1 Å². The maximum absolute atomic E-state index is 12.1. The first-order valence-electron chi connectivity index (χ1n) is 6.38. The molecule has 0 saturated heterocycles. The van der Waals surface area contributed by atoms with Gasteiger partial charge in [-0.2, -0.15) is 0 Å². The number of nitrogens with one attached hydrogen (secondary N) is 1. The molecule has 1 aromatic carbocycles. The minimum absolute atomic E-state index is 0.0415. The molecule has 2 amide bonds. The molecule has 0 aliphatic heterocycles. The van der Waals surface area contributed by atoms with E-state index in [-0.39, 0.29) is 25.0 Å². The van der Waals surface area contributed by atoms with Gasteiger partial charge in [0.1, 0.15) is 0 Å². The summed E-state index contributed by atoms with van der Waals surface area (Å²) in [5.41, 5.74) is 1.00. The molecule has 110 valence electrons. The Labute approximate surface area is 118 Å². The van der Waals surface area contributed by atoms with Crippen molar-refractivity contribution in [3.05, 3.63) is 29.8 Å². The predicted molar refractivity (Wildman–Crippen MR) is 75.8 cm³/mol. The van der Waals surface area contributed by atoms with Crippen molar-refractivity contribution in [2.45, 2.75) is 6.92 Å². The van der Waals surface area contributed by atoms with E-state index < -0.39 is 0 Å². The summed E-state index contributed by atoms with van der Waals surface area (Å²) in [5, 5.41) is 11.3. The fourth-order valence-electron chi connectivity index (χ4n) is 1.63. The molecule has 0 unspecified atom stereocenters. The van der Waals surface area contributed by atoms with Crippen molar-refractivity contribution >= 4 is 17.5 Å². The average Bonchev–Trinajstić information content (AvgIpc) is 2.46. The third kappa shape index (κ3) is 4.64. The van der Waals surface area contributed by atoms with E-state index in [1.807, 2.05) is 0 Å². The second-order valence-electron chi connectivity index (χ2n) is 4.19. The van der Waals surface area contributed by atoms with E-state index in [1.54, 1.807) is 31.3 Å². The molecule has 1 rings (SSSR count). The van der Waals surface area contributed by atoms with Crippen LogP contribution in [0.1, 0.15) is 17.3 Å². The van der Waals surface area contributed by atoms with Crippen LogP contribution in [0.3, 0.4) is 0 Å². The number of benzene rings is 1. The second-order valence-corrected chi connectivity index (χ2v) is 4.19. The minimum Gasteiger partial charge on any atom is -0.394 e. The Morgan fingerprint density at radius 3 is 2.65 bits per heavy atom. The number of para-hydroxylation sites is 1. The highest BCUT2D eigenvalue weighted by Gasteiger charge is 2.15. The van der Waals surface area contributed by atoms with E-state index in [0.29, 0.717) is 24.4 Å². The lowest BCUT2D eigenvalue weighted by molar-refractivity contribution is -0.116. The van der Waals surface area contributed by atoms with Gasteiger partial charge in [-0.15, -0.1) is 0 Å². The molecule has 6 heteroatoms. The number of carbonyl (C=O) groups is 2. The lowest BCUT2D eigenvalue weighted by Crippen LogP contribution is -2.31. The van der Waals surface area contributed by atoms with Crippen LogP contribution >= 0.6 is 0 Å². The van der Waals surface area contributed by atoms with Gasteiger partial charge in [0.05, 0.1) is 31.1 Å². The number of rotatable bonds is 7. The number of hydrogen-bond donors (Lipinski definition) is 2. The zero-order valence-electron chi connectivity index (χ0n) is 11.8. The normalized spacial score (nSPS) is 10.2. The molecule has 0 bridgehead atoms. The number of anilines is 1. The zero-order valence-corrected chi connectivity index (χ0v) is 11.8. The van der Waals surface area contributed by atoms with Crippen molar-refractivity contribution in [1.82, 2.24) is 5.32 Å². The quantitative estimate of drug-likeness (QED) is 0.709. The number of ether oxygens (including phenoxy) is 1. The van der Waals surface area contributed by atoms with E-state index >= 15 is 0 Å². The Hall–Kier alpha value is -1.92. The summed E-state index contributed by atoms with van der Waals surface area (Å²) in [6.07, 6.45) is 0. The Balaban J connectivity index is 2.66. The Morgan fingerprint density at radius 1 is 1.30 bits per heavy atom. The van der Waals surface area contributed by atoms with Crippen LogP contribution in [0.15, 0.2) is 24.3 Å². The molecule has 0 fully saturated rings. The monoisotopic (exact) mass is 280 g/mol. The van der Waals surface area contributed by atoms with Crippen LogP contribution in [0.4, 0.5) is 5.69 Å². The van der Waals surface area contributed by atoms with E-state index in [4.69, 9.17) is 9.84 Å². The van der Waals surface area contributed by atoms with Crippen molar-refractivity contribution in [3.63, 3.8) is 0 Å². The molecule has 0 atom stereocenters. The fraction of sp³-hybridized carbons (Fsp3) is 0.429. The van der Waals surface area contributed by atoms with E-state index in [9.17, 15) is 9.59 Å². The SMILES string of the molecule is CC(=O)N(C)c1ccccc1C(=O)NCCOCCO. The number of carbonyl (C=O) groups excluding carboxylic acids is 2. The van der Waals surface area contributed by atoms with Gasteiger partial charge in [0.25, 0.3) is 5.91 Å². The summed E-state index contributed by atoms with van der Waals surface area (Å²) in [7, 11) is 1.62. The molecule has 20 heavy (non-hydrogen) atoms. The second kappa shape index (κ2) is 8.29. The third-order valence-electron chi connectivity index (χ3n) is 2.75. The molecule has 2 N–H and O–H groups in total. The third-order valence-corrected chi connectivity index (χ3v) is 2.75. The maximum atomic E-state index is 12.1. The highest BCUT2D eigenvalue weighted by atomic mass is 16.5. The van der Waals surface area contributed by atoms with E-state index in [0.717, 1.165) is 0 Å². The van der Waals surface area contributed by atoms with E-state index in [2.05, 4.69) is 5.32 Å². The van der Waals surface area contributed by atoms with Crippen LogP contribution in [0.2, 0.25) is 0 Å². The van der Waals surface area contributed by atoms with Gasteiger partial charge < -0.3 is 20.1 Å². The smallest absolute Gasteiger partial charge is 0.253 e. The average molecular weight is 280 g/mol. The lowest BCUT2D eigenvalue weighted by atomic mass is 10.1. The molecule has 0 radical (unpaired) electrons. The van der Waals surface area contributed by atoms with Gasteiger partial charge in [0.15, 0.2) is 0 Å². The lowest BCUT2D eigenvalue weighted by Gasteiger charge is -2.18. The van der Waals surface area contributed by atoms with Gasteiger partial charge in [-0.3, -0.25) is 9.59 Å². The number of aliphatic hydroxyl groups excluding tert-OH is 1. The van der Waals surface area contributed by atoms with Gasteiger partial charge in [0.2, 0.25) is 5.91 Å². The number of amides is 2. The summed E-state index contributed by atoms with van der Waals surface area (Å²) < 4.78 is 5.06. The first-order valence-corrected chi connectivity index (χ1v) is 6.38. The van der Waals surface area contributed by atoms with Crippen molar-refractivity contribution in [1.29, 1.82) is 0 Å². The predicted octanol–water partition coefficient (Wildman–Crippen LogP) is 0.408. The minimum atomic E-state index is -0.263. The molecule has 0 aliphatic carbocycles. The molecule has 0 aromatic heterocycles. The van der Waals surface area contributed by atoms with Gasteiger partial charge in [-0.1, -0.05) is 12.1 Å². The molecule has 0 saturated carbocycles. The Bertz CT molecular complexity index is 462. The Morgan fingerprint density at radius 2 is 2.00 bits per heavy atom. The standard InChI is InChI=1S/C14H20N2O4/c1-11(18)16(2)13-6-4-3-5-12(13)14(19)15-7-9-20-10-8-17/h3-6,17H,7-10H2,1-2H3,(H,15,19). The van der Waals surface area contributed by atoms with Crippen LogP contribution in [0, 0.1) is 0 Å². The zero-order chi connectivity index (χ0) is 15.0. The van der Waals surface area contributed by atoms with Crippen molar-refractivity contribution in [2.75, 3.05) is 38.3 Å². The summed E-state index contributed by atoms with van der Waals surface area (Å²) in [5.74, 6) is -0.405. The summed E-state index contributed by atoms with van der Waals surface area (Å²) in [6.45, 7) is 2.32. The number of aliphatic hydroxyl groups is 1. The van der Waals surface area contributed by atoms with Gasteiger partial charge >= 0.3 is 0 Å². The van der Waals surface area contributed by atoms with Crippen LogP contribution in [-0.2, 0) is 9.53 Å². The Kier molecular flexibility index (Phi) is 6.69. The summed E-state index contributed by atoms with van der Waals surface area (Å²) in [4.78, 5) is 24.9. The number of hydrogen-bond acceptors (Lipinski definition) is 4. The summed E-state index contributed by atoms with van der Waals surface area (Å²) >= 11 is 0. The molecular formula is C14H20N2O4. The van der Waals surface area contributed by atoms with Crippen molar-refractivity contribution in [2.24, 2.45) is 0 Å². The van der Waals surface area contributed by atoms with Crippen LogP contribution in [-0.4, -0.2) is 50.3 Å². The maximum Gasteiger partial charge on any atom is 0.253 e. The van der Waals surface area contributed by atoms with Crippen LogP contribution in [0.25, 0.3) is 0 Å². The highest BCUT2D eigenvalue weighted by Crippen LogP contribution is 2.19. The van der Waals surface area contributed by atoms with Gasteiger partial charge in [-0.25, -0.2) is 0 Å². The van der Waals surface area contributed by atoms with Crippen molar-refractivity contribution < 1.29 is 19.4 Å². The fourth-order valence-corrected chi connectivity index (χ4v) is 1.63. The van der Waals surface area contributed by atoms with Crippen LogP contribution < -0.4 is 10.2 Å². The molecular weight excluding hydrogens is 260 g/mol. The van der Waals surface area contributed by atoms with Gasteiger partial charge in [0, 0.05) is 20.5 Å². The molecule has 0 heterocycles. The largest absolute Gasteiger partial charge is 0.394 e. The first kappa shape index (κ1) is 16.1. The number of nitrogens with zero attached hydrogens (tertiary/aromatic N) is 1. The molecule has 1 aromatic rings. The topological polar surface area (TPSA) is 78.9 Å². The highest BCUT2D eigenvalue weighted by molar-refractivity contribution is 6.04.